The lowest BCUT2D eigenvalue weighted by atomic mass is 10.1. The molecule has 8 heteroatoms. The number of aromatic nitrogens is 2. The van der Waals surface area contributed by atoms with Crippen LogP contribution in [0.1, 0.15) is 31.4 Å². The molecule has 1 aromatic heterocycles. The van der Waals surface area contributed by atoms with Crippen molar-refractivity contribution in [2.75, 3.05) is 14.2 Å². The van der Waals surface area contributed by atoms with Crippen molar-refractivity contribution in [2.45, 2.75) is 32.4 Å². The van der Waals surface area contributed by atoms with Gasteiger partial charge in [-0.2, -0.15) is 0 Å². The Labute approximate surface area is 173 Å². The van der Waals surface area contributed by atoms with E-state index in [4.69, 9.17) is 14.2 Å². The number of nitrogens with zero attached hydrogens (tertiary/aromatic N) is 2. The quantitative estimate of drug-likeness (QED) is 0.524. The fraction of sp³-hybridized carbons (Fsp3) is 0.318. The Morgan fingerprint density at radius 1 is 1.13 bits per heavy atom. The molecule has 158 valence electrons. The molecule has 0 aliphatic carbocycles. The molecule has 1 unspecified atom stereocenters. The van der Waals surface area contributed by atoms with Crippen LogP contribution in [0, 0.1) is 5.82 Å². The molecular formula is C22H23FN2O5. The smallest absolute Gasteiger partial charge is 0.306 e. The van der Waals surface area contributed by atoms with Crippen LogP contribution >= 0.6 is 0 Å². The number of fused-ring (bicyclic) bond motifs is 1. The molecule has 30 heavy (non-hydrogen) atoms. The Bertz CT molecular complexity index is 1100. The van der Waals surface area contributed by atoms with Crippen LogP contribution in [0.25, 0.3) is 10.9 Å². The van der Waals surface area contributed by atoms with Crippen molar-refractivity contribution in [2.24, 2.45) is 0 Å². The van der Waals surface area contributed by atoms with Crippen LogP contribution in [0.2, 0.25) is 0 Å². The maximum Gasteiger partial charge on any atom is 0.306 e. The average molecular weight is 414 g/mol. The first-order valence-corrected chi connectivity index (χ1v) is 9.49. The molecule has 0 N–H and O–H groups in total. The predicted molar refractivity (Wildman–Crippen MR) is 109 cm³/mol. The number of halogens is 1. The third kappa shape index (κ3) is 4.76. The van der Waals surface area contributed by atoms with E-state index in [1.54, 1.807) is 31.2 Å². The van der Waals surface area contributed by atoms with Gasteiger partial charge in [0.1, 0.15) is 11.9 Å². The first kappa shape index (κ1) is 21.3. The Morgan fingerprint density at radius 3 is 2.47 bits per heavy atom. The van der Waals surface area contributed by atoms with Gasteiger partial charge in [0.15, 0.2) is 11.5 Å². The number of benzene rings is 2. The maximum atomic E-state index is 13.0. The third-order valence-electron chi connectivity index (χ3n) is 4.76. The second-order valence-corrected chi connectivity index (χ2v) is 6.75. The molecule has 0 radical (unpaired) electrons. The van der Waals surface area contributed by atoms with Gasteiger partial charge in [0.05, 0.1) is 31.4 Å². The second-order valence-electron chi connectivity index (χ2n) is 6.75. The minimum absolute atomic E-state index is 0.141. The predicted octanol–water partition coefficient (Wildman–Crippen LogP) is 3.64. The molecular weight excluding hydrogens is 391 g/mol. The number of methoxy groups -OCH3 is 2. The molecule has 3 aromatic rings. The summed E-state index contributed by atoms with van der Waals surface area (Å²) in [6, 6.07) is 9.05. The molecule has 1 atom stereocenters. The largest absolute Gasteiger partial charge is 0.493 e. The normalized spacial score (nSPS) is 11.9. The van der Waals surface area contributed by atoms with Gasteiger partial charge in [0.2, 0.25) is 0 Å². The van der Waals surface area contributed by atoms with Crippen LogP contribution in [0.3, 0.4) is 0 Å². The van der Waals surface area contributed by atoms with Crippen LogP contribution in [-0.2, 0) is 16.1 Å². The topological polar surface area (TPSA) is 79.7 Å². The summed E-state index contributed by atoms with van der Waals surface area (Å²) in [5, 5.41) is 0.405. The summed E-state index contributed by atoms with van der Waals surface area (Å²) in [6.07, 6.45) is 1.52. The summed E-state index contributed by atoms with van der Waals surface area (Å²) in [5.41, 5.74) is 0.986. The van der Waals surface area contributed by atoms with Crippen molar-refractivity contribution < 1.29 is 23.4 Å². The number of hydrogen-bond acceptors (Lipinski definition) is 6. The van der Waals surface area contributed by atoms with E-state index in [9.17, 15) is 14.0 Å². The molecule has 0 aliphatic heterocycles. The first-order chi connectivity index (χ1) is 14.4. The Kier molecular flexibility index (Phi) is 6.66. The van der Waals surface area contributed by atoms with E-state index in [0.29, 0.717) is 40.9 Å². The zero-order valence-corrected chi connectivity index (χ0v) is 17.1. The number of rotatable bonds is 8. The molecule has 0 amide bonds. The van der Waals surface area contributed by atoms with Gasteiger partial charge < -0.3 is 14.2 Å². The van der Waals surface area contributed by atoms with E-state index in [2.05, 4.69) is 4.98 Å². The standard InChI is InChI=1S/C22H23FN2O5/c1-14(15-6-8-16(23)9-7-15)30-21(26)5-4-10-25-13-24-18-12-20(29-3)19(28-2)11-17(18)22(25)27/h6-9,11-14H,4-5,10H2,1-3H3. The summed E-state index contributed by atoms with van der Waals surface area (Å²) in [6.45, 7) is 2.04. The number of esters is 1. The minimum atomic E-state index is -0.481. The zero-order chi connectivity index (χ0) is 21.7. The van der Waals surface area contributed by atoms with Gasteiger partial charge in [0, 0.05) is 19.0 Å². The molecule has 3 rings (SSSR count). The molecule has 0 fully saturated rings. The summed E-state index contributed by atoms with van der Waals surface area (Å²) >= 11 is 0. The van der Waals surface area contributed by atoms with Gasteiger partial charge in [-0.25, -0.2) is 9.37 Å². The molecule has 2 aromatic carbocycles. The SMILES string of the molecule is COc1cc2ncn(CCCC(=O)OC(C)c3ccc(F)cc3)c(=O)c2cc1OC. The van der Waals surface area contributed by atoms with Crippen LogP contribution in [0.5, 0.6) is 11.5 Å². The number of ether oxygens (including phenoxy) is 3. The molecule has 0 bridgehead atoms. The van der Waals surface area contributed by atoms with Crippen molar-refractivity contribution in [3.63, 3.8) is 0 Å². The summed E-state index contributed by atoms with van der Waals surface area (Å²) in [4.78, 5) is 29.1. The van der Waals surface area contributed by atoms with Gasteiger partial charge in [-0.15, -0.1) is 0 Å². The molecule has 7 nitrogen and oxygen atoms in total. The summed E-state index contributed by atoms with van der Waals surface area (Å²) in [5.74, 6) is 0.204. The van der Waals surface area contributed by atoms with Gasteiger partial charge in [-0.1, -0.05) is 12.1 Å². The molecule has 1 heterocycles. The van der Waals surface area contributed by atoms with Gasteiger partial charge in [-0.3, -0.25) is 14.2 Å². The van der Waals surface area contributed by atoms with Crippen molar-refractivity contribution in [3.05, 3.63) is 64.5 Å². The lowest BCUT2D eigenvalue weighted by molar-refractivity contribution is -0.148. The first-order valence-electron chi connectivity index (χ1n) is 9.49. The van der Waals surface area contributed by atoms with Crippen molar-refractivity contribution in [1.29, 1.82) is 0 Å². The second kappa shape index (κ2) is 9.39. The van der Waals surface area contributed by atoms with E-state index >= 15 is 0 Å². The Morgan fingerprint density at radius 2 is 1.80 bits per heavy atom. The molecule has 0 spiro atoms. The summed E-state index contributed by atoms with van der Waals surface area (Å²) in [7, 11) is 3.01. The number of carbonyl (C=O) groups is 1. The average Bonchev–Trinajstić information content (AvgIpc) is 2.75. The van der Waals surface area contributed by atoms with Gasteiger partial charge in [0.25, 0.3) is 5.56 Å². The van der Waals surface area contributed by atoms with Crippen LogP contribution in [-0.4, -0.2) is 29.7 Å². The van der Waals surface area contributed by atoms with Crippen LogP contribution in [0.4, 0.5) is 4.39 Å². The highest BCUT2D eigenvalue weighted by Gasteiger charge is 2.13. The highest BCUT2D eigenvalue weighted by atomic mass is 19.1. The van der Waals surface area contributed by atoms with E-state index in [0.717, 1.165) is 0 Å². The Hall–Kier alpha value is -3.42. The van der Waals surface area contributed by atoms with E-state index < -0.39 is 6.10 Å². The van der Waals surface area contributed by atoms with Crippen LogP contribution < -0.4 is 15.0 Å². The maximum absolute atomic E-state index is 13.0. The zero-order valence-electron chi connectivity index (χ0n) is 17.1. The lowest BCUT2D eigenvalue weighted by Gasteiger charge is -2.14. The van der Waals surface area contributed by atoms with E-state index in [1.165, 1.54) is 37.2 Å². The van der Waals surface area contributed by atoms with Crippen molar-refractivity contribution in [1.82, 2.24) is 9.55 Å². The molecule has 0 saturated heterocycles. The highest BCUT2D eigenvalue weighted by molar-refractivity contribution is 5.81. The van der Waals surface area contributed by atoms with E-state index in [1.807, 2.05) is 0 Å². The third-order valence-corrected chi connectivity index (χ3v) is 4.76. The molecule has 0 saturated carbocycles. The van der Waals surface area contributed by atoms with Gasteiger partial charge >= 0.3 is 5.97 Å². The van der Waals surface area contributed by atoms with Crippen molar-refractivity contribution in [3.8, 4) is 11.5 Å². The van der Waals surface area contributed by atoms with E-state index in [-0.39, 0.29) is 23.8 Å². The number of aryl methyl sites for hydroxylation is 1. The fourth-order valence-electron chi connectivity index (χ4n) is 3.10. The van der Waals surface area contributed by atoms with Crippen molar-refractivity contribution >= 4 is 16.9 Å². The number of hydrogen-bond donors (Lipinski definition) is 0. The monoisotopic (exact) mass is 414 g/mol. The number of carbonyl (C=O) groups excluding carboxylic acids is 1. The molecule has 0 aliphatic rings. The van der Waals surface area contributed by atoms with Gasteiger partial charge in [-0.05, 0) is 37.1 Å². The Balaban J connectivity index is 1.62. The fourth-order valence-corrected chi connectivity index (χ4v) is 3.10. The summed E-state index contributed by atoms with van der Waals surface area (Å²) < 4.78 is 30.3. The minimum Gasteiger partial charge on any atom is -0.493 e. The van der Waals surface area contributed by atoms with Crippen LogP contribution in [0.15, 0.2) is 47.5 Å². The lowest BCUT2D eigenvalue weighted by Crippen LogP contribution is -2.21. The highest BCUT2D eigenvalue weighted by Crippen LogP contribution is 2.29.